The van der Waals surface area contributed by atoms with Gasteiger partial charge in [0.1, 0.15) is 0 Å². The first-order chi connectivity index (χ1) is 5.70. The monoisotopic (exact) mass is 167 g/mol. The van der Waals surface area contributed by atoms with Crippen LogP contribution in [0.1, 0.15) is 33.1 Å². The second-order valence-corrected chi connectivity index (χ2v) is 3.46. The Labute approximate surface area is 74.2 Å². The van der Waals surface area contributed by atoms with E-state index in [0.717, 1.165) is 18.7 Å². The number of carbonyl (C=O) groups excluding carboxylic acids is 1. The zero-order valence-electron chi connectivity index (χ0n) is 7.97. The number of hydrogen-bond donors (Lipinski definition) is 0. The predicted octanol–water partition coefficient (Wildman–Crippen LogP) is 1.97. The summed E-state index contributed by atoms with van der Waals surface area (Å²) < 4.78 is 0. The number of nitrogens with zero attached hydrogens (tertiary/aromatic N) is 1. The molecule has 1 aliphatic heterocycles. The summed E-state index contributed by atoms with van der Waals surface area (Å²) in [6.07, 6.45) is 5.87. The van der Waals surface area contributed by atoms with Gasteiger partial charge in [-0.05, 0) is 33.1 Å². The number of likely N-dealkylation sites (tertiary alicyclic amines) is 1. The summed E-state index contributed by atoms with van der Waals surface area (Å²) in [7, 11) is 0. The average molecular weight is 167 g/mol. The van der Waals surface area contributed by atoms with Gasteiger partial charge in [0.05, 0.1) is 0 Å². The zero-order chi connectivity index (χ0) is 8.97. The molecule has 0 bridgehead atoms. The Bertz CT molecular complexity index is 190. The van der Waals surface area contributed by atoms with E-state index in [1.165, 1.54) is 19.3 Å². The maximum atomic E-state index is 10.9. The van der Waals surface area contributed by atoms with E-state index in [-0.39, 0.29) is 5.78 Å². The van der Waals surface area contributed by atoms with Crippen molar-refractivity contribution in [1.29, 1.82) is 0 Å². The van der Waals surface area contributed by atoms with Crippen LogP contribution >= 0.6 is 0 Å². The molecule has 0 radical (unpaired) electrons. The lowest BCUT2D eigenvalue weighted by molar-refractivity contribution is -0.113. The lowest BCUT2D eigenvalue weighted by Gasteiger charge is -2.25. The third-order valence-corrected chi connectivity index (χ3v) is 2.32. The van der Waals surface area contributed by atoms with Crippen LogP contribution in [0.2, 0.25) is 0 Å². The van der Waals surface area contributed by atoms with Gasteiger partial charge < -0.3 is 4.90 Å². The maximum absolute atomic E-state index is 10.9. The molecule has 0 saturated carbocycles. The summed E-state index contributed by atoms with van der Waals surface area (Å²) in [5, 5.41) is 0. The molecule has 1 rings (SSSR count). The van der Waals surface area contributed by atoms with Crippen LogP contribution in [-0.4, -0.2) is 23.8 Å². The molecule has 0 atom stereocenters. The van der Waals surface area contributed by atoms with Crippen molar-refractivity contribution in [3.63, 3.8) is 0 Å². The highest BCUT2D eigenvalue weighted by Crippen LogP contribution is 2.10. The van der Waals surface area contributed by atoms with Gasteiger partial charge in [0.25, 0.3) is 0 Å². The third-order valence-electron chi connectivity index (χ3n) is 2.32. The van der Waals surface area contributed by atoms with E-state index in [2.05, 4.69) is 4.90 Å². The van der Waals surface area contributed by atoms with Crippen molar-refractivity contribution in [2.24, 2.45) is 0 Å². The topological polar surface area (TPSA) is 20.3 Å². The quantitative estimate of drug-likeness (QED) is 0.586. The second-order valence-electron chi connectivity index (χ2n) is 3.46. The lowest BCUT2D eigenvalue weighted by atomic mass is 10.1. The van der Waals surface area contributed by atoms with Crippen LogP contribution in [0.15, 0.2) is 11.8 Å². The Morgan fingerprint density at radius 2 is 1.75 bits per heavy atom. The molecule has 1 fully saturated rings. The smallest absolute Gasteiger partial charge is 0.156 e. The fourth-order valence-corrected chi connectivity index (χ4v) is 1.41. The summed E-state index contributed by atoms with van der Waals surface area (Å²) in [6, 6.07) is 0. The molecule has 0 amide bonds. The molecule has 1 aliphatic rings. The molecule has 0 N–H and O–H groups in total. The number of ketones is 1. The molecular weight excluding hydrogens is 150 g/mol. The van der Waals surface area contributed by atoms with Crippen molar-refractivity contribution in [2.45, 2.75) is 33.1 Å². The molecule has 0 unspecified atom stereocenters. The van der Waals surface area contributed by atoms with Gasteiger partial charge in [0, 0.05) is 24.9 Å². The standard InChI is InChI=1S/C10H17NO/c1-9(10(2)12)8-11-6-4-3-5-7-11/h8H,3-7H2,1-2H3/b9-8+. The van der Waals surface area contributed by atoms with E-state index in [1.807, 2.05) is 13.1 Å². The van der Waals surface area contributed by atoms with E-state index < -0.39 is 0 Å². The molecule has 2 heteroatoms. The number of allylic oxidation sites excluding steroid dienone is 1. The summed E-state index contributed by atoms with van der Waals surface area (Å²) in [6.45, 7) is 5.74. The summed E-state index contributed by atoms with van der Waals surface area (Å²) in [4.78, 5) is 13.2. The molecule has 1 saturated heterocycles. The fourth-order valence-electron chi connectivity index (χ4n) is 1.41. The predicted molar refractivity (Wildman–Crippen MR) is 49.9 cm³/mol. The fraction of sp³-hybridized carbons (Fsp3) is 0.700. The molecule has 0 aromatic carbocycles. The van der Waals surface area contributed by atoms with Crippen LogP contribution in [0.5, 0.6) is 0 Å². The normalized spacial score (nSPS) is 19.5. The Balaban J connectivity index is 2.47. The first-order valence-electron chi connectivity index (χ1n) is 4.63. The highest BCUT2D eigenvalue weighted by atomic mass is 16.1. The van der Waals surface area contributed by atoms with Gasteiger partial charge in [-0.1, -0.05) is 0 Å². The van der Waals surface area contributed by atoms with Gasteiger partial charge in [-0.25, -0.2) is 0 Å². The van der Waals surface area contributed by atoms with Crippen LogP contribution in [-0.2, 0) is 4.79 Å². The molecule has 68 valence electrons. The minimum atomic E-state index is 0.181. The first-order valence-corrected chi connectivity index (χ1v) is 4.63. The van der Waals surface area contributed by atoms with Crippen LogP contribution in [0.3, 0.4) is 0 Å². The van der Waals surface area contributed by atoms with Gasteiger partial charge in [-0.2, -0.15) is 0 Å². The molecule has 0 aromatic rings. The van der Waals surface area contributed by atoms with Crippen LogP contribution in [0, 0.1) is 0 Å². The SMILES string of the molecule is CC(=O)/C(C)=C/N1CCCCC1. The average Bonchev–Trinajstić information content (AvgIpc) is 2.06. The largest absolute Gasteiger partial charge is 0.377 e. The van der Waals surface area contributed by atoms with Crippen molar-refractivity contribution in [1.82, 2.24) is 4.90 Å². The van der Waals surface area contributed by atoms with Crippen LogP contribution < -0.4 is 0 Å². The molecule has 12 heavy (non-hydrogen) atoms. The van der Waals surface area contributed by atoms with E-state index in [9.17, 15) is 4.79 Å². The third kappa shape index (κ3) is 2.68. The molecule has 2 nitrogen and oxygen atoms in total. The van der Waals surface area contributed by atoms with Gasteiger partial charge >= 0.3 is 0 Å². The lowest BCUT2D eigenvalue weighted by Crippen LogP contribution is -2.25. The Kier molecular flexibility index (Phi) is 3.32. The minimum Gasteiger partial charge on any atom is -0.377 e. The van der Waals surface area contributed by atoms with Crippen molar-refractivity contribution in [3.05, 3.63) is 11.8 Å². The zero-order valence-corrected chi connectivity index (χ0v) is 7.97. The summed E-state index contributed by atoms with van der Waals surface area (Å²) in [5.41, 5.74) is 0.872. The first kappa shape index (κ1) is 9.30. The summed E-state index contributed by atoms with van der Waals surface area (Å²) >= 11 is 0. The van der Waals surface area contributed by atoms with Gasteiger partial charge in [0.15, 0.2) is 5.78 Å². The number of piperidine rings is 1. The van der Waals surface area contributed by atoms with Gasteiger partial charge in [0.2, 0.25) is 0 Å². The molecule has 0 aromatic heterocycles. The van der Waals surface area contributed by atoms with E-state index in [0.29, 0.717) is 0 Å². The number of carbonyl (C=O) groups is 1. The van der Waals surface area contributed by atoms with Crippen LogP contribution in [0.25, 0.3) is 0 Å². The number of hydrogen-bond acceptors (Lipinski definition) is 2. The number of Topliss-reactive ketones (excluding diaryl/α,β-unsaturated/α-hetero) is 1. The Morgan fingerprint density at radius 1 is 1.17 bits per heavy atom. The molecule has 0 spiro atoms. The second kappa shape index (κ2) is 4.29. The molecule has 1 heterocycles. The van der Waals surface area contributed by atoms with Gasteiger partial charge in [-0.15, -0.1) is 0 Å². The van der Waals surface area contributed by atoms with E-state index in [4.69, 9.17) is 0 Å². The van der Waals surface area contributed by atoms with Crippen molar-refractivity contribution in [3.8, 4) is 0 Å². The summed E-state index contributed by atoms with van der Waals surface area (Å²) in [5.74, 6) is 0.181. The molecule has 0 aliphatic carbocycles. The number of rotatable bonds is 2. The minimum absolute atomic E-state index is 0.181. The Morgan fingerprint density at radius 3 is 2.25 bits per heavy atom. The Hall–Kier alpha value is -0.790. The van der Waals surface area contributed by atoms with Crippen LogP contribution in [0.4, 0.5) is 0 Å². The van der Waals surface area contributed by atoms with E-state index >= 15 is 0 Å². The van der Waals surface area contributed by atoms with Crippen molar-refractivity contribution >= 4 is 5.78 Å². The molecular formula is C10H17NO. The highest BCUT2D eigenvalue weighted by molar-refractivity contribution is 5.92. The van der Waals surface area contributed by atoms with Gasteiger partial charge in [-0.3, -0.25) is 4.79 Å². The van der Waals surface area contributed by atoms with Crippen molar-refractivity contribution < 1.29 is 4.79 Å². The maximum Gasteiger partial charge on any atom is 0.156 e. The van der Waals surface area contributed by atoms with E-state index in [1.54, 1.807) is 6.92 Å². The van der Waals surface area contributed by atoms with Crippen molar-refractivity contribution in [2.75, 3.05) is 13.1 Å². The highest BCUT2D eigenvalue weighted by Gasteiger charge is 2.07.